The van der Waals surface area contributed by atoms with Gasteiger partial charge in [-0.15, -0.1) is 0 Å². The van der Waals surface area contributed by atoms with E-state index in [-0.39, 0.29) is 0 Å². The van der Waals surface area contributed by atoms with Gasteiger partial charge in [-0.25, -0.2) is 0 Å². The summed E-state index contributed by atoms with van der Waals surface area (Å²) in [6.07, 6.45) is 8.45. The Bertz CT molecular complexity index is 556. The molecule has 1 fully saturated rings. The summed E-state index contributed by atoms with van der Waals surface area (Å²) < 4.78 is 7.46. The fourth-order valence-corrected chi connectivity index (χ4v) is 2.34. The van der Waals surface area contributed by atoms with E-state index in [1.165, 1.54) is 24.0 Å². The second kappa shape index (κ2) is 5.81. The Kier molecular flexibility index (Phi) is 3.89. The maximum atomic E-state index is 5.63. The fraction of sp³-hybridized carbons (Fsp3) is 0.533. The summed E-state index contributed by atoms with van der Waals surface area (Å²) in [6, 6.07) is 2.89. The highest BCUT2D eigenvalue weighted by molar-refractivity contribution is 5.13. The van der Waals surface area contributed by atoms with Gasteiger partial charge in [0.05, 0.1) is 19.0 Å². The third kappa shape index (κ3) is 3.71. The molecule has 0 spiro atoms. The molecule has 0 aromatic carbocycles. The summed E-state index contributed by atoms with van der Waals surface area (Å²) in [5.41, 5.74) is 2.46. The number of furan rings is 1. The van der Waals surface area contributed by atoms with E-state index in [1.54, 1.807) is 0 Å². The maximum Gasteiger partial charge on any atom is 0.118 e. The Hall–Kier alpha value is -1.59. The van der Waals surface area contributed by atoms with Crippen molar-refractivity contribution >= 4 is 0 Å². The number of aryl methyl sites for hydroxylation is 1. The molecule has 2 aromatic heterocycles. The first-order valence-electron chi connectivity index (χ1n) is 7.15. The second-order valence-corrected chi connectivity index (χ2v) is 5.77. The van der Waals surface area contributed by atoms with Crippen molar-refractivity contribution < 1.29 is 4.42 Å². The van der Waals surface area contributed by atoms with E-state index >= 15 is 0 Å². The second-order valence-electron chi connectivity index (χ2n) is 5.77. The van der Waals surface area contributed by atoms with Crippen LogP contribution in [-0.4, -0.2) is 27.8 Å². The lowest BCUT2D eigenvalue weighted by molar-refractivity contribution is 0.288. The summed E-state index contributed by atoms with van der Waals surface area (Å²) in [5, 5.41) is 7.68. The van der Waals surface area contributed by atoms with Gasteiger partial charge < -0.3 is 9.73 Å². The standard InChI is InChI=1S/C15H22N4O/c1-18(8-13-7-17-19(2)9-13)10-15-5-12(11-20-15)6-16-14-3-4-14/h5,7,9,11,14,16H,3-4,6,8,10H2,1-2H3. The van der Waals surface area contributed by atoms with Gasteiger partial charge in [0.2, 0.25) is 0 Å². The van der Waals surface area contributed by atoms with Crippen LogP contribution < -0.4 is 5.32 Å². The van der Waals surface area contributed by atoms with Gasteiger partial charge in [-0.1, -0.05) is 0 Å². The summed E-state index contributed by atoms with van der Waals surface area (Å²) in [4.78, 5) is 2.23. The van der Waals surface area contributed by atoms with Crippen LogP contribution in [0.2, 0.25) is 0 Å². The highest BCUT2D eigenvalue weighted by Gasteiger charge is 2.20. The Morgan fingerprint density at radius 2 is 2.25 bits per heavy atom. The molecule has 0 atom stereocenters. The topological polar surface area (TPSA) is 46.2 Å². The molecule has 20 heavy (non-hydrogen) atoms. The van der Waals surface area contributed by atoms with Crippen LogP contribution in [-0.2, 0) is 26.7 Å². The van der Waals surface area contributed by atoms with Crippen LogP contribution in [0, 0.1) is 0 Å². The molecule has 0 aliphatic heterocycles. The largest absolute Gasteiger partial charge is 0.468 e. The molecule has 5 nitrogen and oxygen atoms in total. The van der Waals surface area contributed by atoms with E-state index in [9.17, 15) is 0 Å². The molecule has 2 heterocycles. The highest BCUT2D eigenvalue weighted by Crippen LogP contribution is 2.20. The molecule has 0 saturated heterocycles. The number of aromatic nitrogens is 2. The lowest BCUT2D eigenvalue weighted by Gasteiger charge is -2.13. The van der Waals surface area contributed by atoms with Gasteiger partial charge in [0.15, 0.2) is 0 Å². The number of nitrogens with one attached hydrogen (secondary N) is 1. The first-order valence-corrected chi connectivity index (χ1v) is 7.15. The minimum atomic E-state index is 0.738. The zero-order chi connectivity index (χ0) is 13.9. The molecule has 1 aliphatic rings. The zero-order valence-electron chi connectivity index (χ0n) is 12.2. The van der Waals surface area contributed by atoms with Gasteiger partial charge in [0, 0.05) is 43.5 Å². The average molecular weight is 274 g/mol. The van der Waals surface area contributed by atoms with E-state index < -0.39 is 0 Å². The SMILES string of the molecule is CN(Cc1cnn(C)c1)Cc1cc(CNC2CC2)co1. The van der Waals surface area contributed by atoms with E-state index in [1.807, 2.05) is 30.4 Å². The molecular formula is C15H22N4O. The van der Waals surface area contributed by atoms with Crippen molar-refractivity contribution in [2.45, 2.75) is 38.5 Å². The minimum absolute atomic E-state index is 0.738. The van der Waals surface area contributed by atoms with Crippen molar-refractivity contribution in [3.8, 4) is 0 Å². The van der Waals surface area contributed by atoms with E-state index in [0.29, 0.717) is 0 Å². The third-order valence-corrected chi connectivity index (χ3v) is 3.52. The minimum Gasteiger partial charge on any atom is -0.468 e. The number of rotatable bonds is 7. The molecule has 1 aliphatic carbocycles. The highest BCUT2D eigenvalue weighted by atomic mass is 16.3. The number of hydrogen-bond acceptors (Lipinski definition) is 4. The van der Waals surface area contributed by atoms with Crippen LogP contribution in [0.3, 0.4) is 0 Å². The van der Waals surface area contributed by atoms with Crippen molar-refractivity contribution in [3.05, 3.63) is 41.6 Å². The summed E-state index contributed by atoms with van der Waals surface area (Å²) in [5.74, 6) is 1.02. The Labute approximate surface area is 119 Å². The predicted molar refractivity (Wildman–Crippen MR) is 76.9 cm³/mol. The first kappa shape index (κ1) is 13.4. The Balaban J connectivity index is 1.48. The van der Waals surface area contributed by atoms with E-state index in [0.717, 1.165) is 31.4 Å². The van der Waals surface area contributed by atoms with Gasteiger partial charge in [-0.3, -0.25) is 9.58 Å². The molecule has 1 N–H and O–H groups in total. The molecule has 2 aromatic rings. The lowest BCUT2D eigenvalue weighted by atomic mass is 10.3. The summed E-state index contributed by atoms with van der Waals surface area (Å²) in [7, 11) is 4.03. The maximum absolute atomic E-state index is 5.63. The van der Waals surface area contributed by atoms with Crippen LogP contribution in [0.1, 0.15) is 29.7 Å². The molecule has 1 saturated carbocycles. The van der Waals surface area contributed by atoms with Crippen molar-refractivity contribution in [1.29, 1.82) is 0 Å². The summed E-state index contributed by atoms with van der Waals surface area (Å²) >= 11 is 0. The normalized spacial score (nSPS) is 15.2. The first-order chi connectivity index (χ1) is 9.69. The van der Waals surface area contributed by atoms with Gasteiger partial charge in [-0.2, -0.15) is 5.10 Å². The van der Waals surface area contributed by atoms with Crippen LogP contribution in [0.15, 0.2) is 29.1 Å². The smallest absolute Gasteiger partial charge is 0.118 e. The van der Waals surface area contributed by atoms with Crippen LogP contribution in [0.4, 0.5) is 0 Å². The third-order valence-electron chi connectivity index (χ3n) is 3.52. The molecular weight excluding hydrogens is 252 g/mol. The van der Waals surface area contributed by atoms with Crippen LogP contribution in [0.5, 0.6) is 0 Å². The van der Waals surface area contributed by atoms with E-state index in [2.05, 4.69) is 28.4 Å². The fourth-order valence-electron chi connectivity index (χ4n) is 2.34. The molecule has 0 amide bonds. The van der Waals surface area contributed by atoms with Gasteiger partial charge in [0.25, 0.3) is 0 Å². The molecule has 0 radical (unpaired) electrons. The number of hydrogen-bond donors (Lipinski definition) is 1. The lowest BCUT2D eigenvalue weighted by Crippen LogP contribution is -2.16. The van der Waals surface area contributed by atoms with E-state index in [4.69, 9.17) is 4.42 Å². The van der Waals surface area contributed by atoms with Gasteiger partial charge in [-0.05, 0) is 26.0 Å². The van der Waals surface area contributed by atoms with Crippen LogP contribution in [0.25, 0.3) is 0 Å². The Morgan fingerprint density at radius 1 is 1.40 bits per heavy atom. The van der Waals surface area contributed by atoms with Gasteiger partial charge >= 0.3 is 0 Å². The molecule has 108 valence electrons. The molecule has 5 heteroatoms. The van der Waals surface area contributed by atoms with Crippen LogP contribution >= 0.6 is 0 Å². The van der Waals surface area contributed by atoms with Crippen molar-refractivity contribution in [3.63, 3.8) is 0 Å². The van der Waals surface area contributed by atoms with Crippen molar-refractivity contribution in [1.82, 2.24) is 20.0 Å². The van der Waals surface area contributed by atoms with Crippen molar-refractivity contribution in [2.75, 3.05) is 7.05 Å². The zero-order valence-corrected chi connectivity index (χ0v) is 12.2. The quantitative estimate of drug-likeness (QED) is 0.837. The monoisotopic (exact) mass is 274 g/mol. The average Bonchev–Trinajstić information content (AvgIpc) is 3.00. The summed E-state index contributed by atoms with van der Waals surface area (Å²) in [6.45, 7) is 2.61. The number of nitrogens with zero attached hydrogens (tertiary/aromatic N) is 3. The molecule has 0 unspecified atom stereocenters. The molecule has 3 rings (SSSR count). The predicted octanol–water partition coefficient (Wildman–Crippen LogP) is 1.90. The van der Waals surface area contributed by atoms with Gasteiger partial charge in [0.1, 0.15) is 5.76 Å². The van der Waals surface area contributed by atoms with Crippen molar-refractivity contribution in [2.24, 2.45) is 7.05 Å². The molecule has 0 bridgehead atoms. The Morgan fingerprint density at radius 3 is 2.95 bits per heavy atom.